The minimum atomic E-state index is -0.0314. The lowest BCUT2D eigenvalue weighted by molar-refractivity contribution is 0.469. The van der Waals surface area contributed by atoms with E-state index < -0.39 is 0 Å². The quantitative estimate of drug-likeness (QED) is 0.848. The number of hydrogen-bond donors (Lipinski definition) is 2. The van der Waals surface area contributed by atoms with E-state index in [1.165, 1.54) is 6.07 Å². The molecule has 0 aromatic heterocycles. The summed E-state index contributed by atoms with van der Waals surface area (Å²) in [5, 5.41) is 22.9. The van der Waals surface area contributed by atoms with Crippen LogP contribution < -0.4 is 5.32 Å². The molecule has 0 bridgehead atoms. The Balaban J connectivity index is 2.23. The molecule has 2 aromatic rings. The summed E-state index contributed by atoms with van der Waals surface area (Å²) in [6.45, 7) is 0.278. The average molecular weight is 328 g/mol. The fraction of sp³-hybridized carbons (Fsp3) is 0.0714. The number of nitrogens with one attached hydrogen (secondary N) is 1. The summed E-state index contributed by atoms with van der Waals surface area (Å²) in [4.78, 5) is 0. The van der Waals surface area contributed by atoms with Crippen LogP contribution in [0.5, 0.6) is 5.75 Å². The lowest BCUT2D eigenvalue weighted by Gasteiger charge is -2.11. The number of aromatic hydroxyl groups is 1. The van der Waals surface area contributed by atoms with Crippen molar-refractivity contribution in [2.24, 2.45) is 0 Å². The van der Waals surface area contributed by atoms with Crippen LogP contribution in [0.3, 0.4) is 0 Å². The van der Waals surface area contributed by atoms with Crippen molar-refractivity contribution in [2.75, 3.05) is 5.32 Å². The number of halogens is 3. The Hall–Kier alpha value is -1.60. The molecule has 0 aliphatic heterocycles. The molecule has 0 saturated heterocycles. The second kappa shape index (κ2) is 6.23. The van der Waals surface area contributed by atoms with E-state index in [1.807, 2.05) is 6.07 Å². The zero-order valence-corrected chi connectivity index (χ0v) is 12.4. The number of benzene rings is 2. The summed E-state index contributed by atoms with van der Waals surface area (Å²) in [6, 6.07) is 9.99. The van der Waals surface area contributed by atoms with Crippen LogP contribution in [0.2, 0.25) is 15.1 Å². The van der Waals surface area contributed by atoms with Crippen LogP contribution in [0.15, 0.2) is 30.3 Å². The van der Waals surface area contributed by atoms with Gasteiger partial charge in [0.25, 0.3) is 0 Å². The summed E-state index contributed by atoms with van der Waals surface area (Å²) in [6.07, 6.45) is 0. The monoisotopic (exact) mass is 326 g/mol. The van der Waals surface area contributed by atoms with Crippen molar-refractivity contribution in [2.45, 2.75) is 6.54 Å². The molecule has 2 rings (SSSR count). The van der Waals surface area contributed by atoms with E-state index in [0.29, 0.717) is 26.9 Å². The van der Waals surface area contributed by atoms with Gasteiger partial charge < -0.3 is 10.4 Å². The van der Waals surface area contributed by atoms with Gasteiger partial charge in [-0.05, 0) is 30.3 Å². The summed E-state index contributed by atoms with van der Waals surface area (Å²) in [7, 11) is 0. The molecule has 0 amide bonds. The molecule has 0 atom stereocenters. The first-order chi connectivity index (χ1) is 9.51. The van der Waals surface area contributed by atoms with E-state index in [1.54, 1.807) is 24.3 Å². The largest absolute Gasteiger partial charge is 0.506 e. The minimum Gasteiger partial charge on any atom is -0.506 e. The number of phenolic OH excluding ortho intramolecular Hbond substituents is 1. The Morgan fingerprint density at radius 3 is 2.55 bits per heavy atom. The third kappa shape index (κ3) is 3.29. The smallest absolute Gasteiger partial charge is 0.139 e. The van der Waals surface area contributed by atoms with Crippen molar-refractivity contribution in [3.05, 3.63) is 56.5 Å². The molecule has 6 heteroatoms. The van der Waals surface area contributed by atoms with E-state index in [2.05, 4.69) is 5.32 Å². The summed E-state index contributed by atoms with van der Waals surface area (Å²) in [5.41, 5.74) is 1.63. The Kier molecular flexibility index (Phi) is 4.61. The van der Waals surface area contributed by atoms with Crippen molar-refractivity contribution in [1.82, 2.24) is 0 Å². The third-order valence-electron chi connectivity index (χ3n) is 2.67. The third-order valence-corrected chi connectivity index (χ3v) is 3.51. The normalized spacial score (nSPS) is 10.1. The lowest BCUT2D eigenvalue weighted by Crippen LogP contribution is -2.01. The van der Waals surface area contributed by atoms with Crippen LogP contribution >= 0.6 is 34.8 Å². The molecule has 0 radical (unpaired) electrons. The van der Waals surface area contributed by atoms with Gasteiger partial charge in [0.15, 0.2) is 0 Å². The van der Waals surface area contributed by atoms with Crippen LogP contribution in [0.25, 0.3) is 0 Å². The highest BCUT2D eigenvalue weighted by atomic mass is 35.5. The highest BCUT2D eigenvalue weighted by Gasteiger charge is 2.09. The van der Waals surface area contributed by atoms with Crippen molar-refractivity contribution in [3.63, 3.8) is 0 Å². The molecule has 2 aromatic carbocycles. The van der Waals surface area contributed by atoms with Crippen LogP contribution in [-0.4, -0.2) is 5.11 Å². The van der Waals surface area contributed by atoms with Gasteiger partial charge in [0.1, 0.15) is 5.75 Å². The van der Waals surface area contributed by atoms with Crippen LogP contribution in [0.1, 0.15) is 11.1 Å². The van der Waals surface area contributed by atoms with Gasteiger partial charge in [0.2, 0.25) is 0 Å². The average Bonchev–Trinajstić information content (AvgIpc) is 2.42. The van der Waals surface area contributed by atoms with Crippen molar-refractivity contribution < 1.29 is 5.11 Å². The maximum atomic E-state index is 9.85. The second-order valence-corrected chi connectivity index (χ2v) is 5.31. The molecule has 0 spiro atoms. The zero-order chi connectivity index (χ0) is 14.7. The Labute approximate surface area is 131 Å². The maximum Gasteiger partial charge on any atom is 0.139 e. The first-order valence-electron chi connectivity index (χ1n) is 5.61. The topological polar surface area (TPSA) is 56.0 Å². The molecule has 0 saturated carbocycles. The predicted molar refractivity (Wildman–Crippen MR) is 81.6 cm³/mol. The Morgan fingerprint density at radius 2 is 1.85 bits per heavy atom. The van der Waals surface area contributed by atoms with E-state index in [-0.39, 0.29) is 17.3 Å². The molecule has 0 fully saturated rings. The number of hydrogen-bond acceptors (Lipinski definition) is 3. The van der Waals surface area contributed by atoms with Gasteiger partial charge in [0.05, 0.1) is 27.4 Å². The summed E-state index contributed by atoms with van der Waals surface area (Å²) >= 11 is 17.8. The van der Waals surface area contributed by atoms with Gasteiger partial charge in [0, 0.05) is 17.1 Å². The van der Waals surface area contributed by atoms with Gasteiger partial charge in [-0.3, -0.25) is 0 Å². The number of anilines is 1. The van der Waals surface area contributed by atoms with Gasteiger partial charge in [-0.15, -0.1) is 0 Å². The van der Waals surface area contributed by atoms with Crippen molar-refractivity contribution >= 4 is 40.5 Å². The first kappa shape index (κ1) is 14.8. The molecule has 0 aliphatic carbocycles. The molecule has 0 aliphatic rings. The Morgan fingerprint density at radius 1 is 1.10 bits per heavy atom. The predicted octanol–water partition coefficient (Wildman–Crippen LogP) is 4.84. The van der Waals surface area contributed by atoms with Gasteiger partial charge in [-0.1, -0.05) is 34.8 Å². The molecule has 3 nitrogen and oxygen atoms in total. The summed E-state index contributed by atoms with van der Waals surface area (Å²) < 4.78 is 0. The molecule has 2 N–H and O–H groups in total. The molecular weight excluding hydrogens is 319 g/mol. The fourth-order valence-electron chi connectivity index (χ4n) is 1.67. The fourth-order valence-corrected chi connectivity index (χ4v) is 2.39. The van der Waals surface area contributed by atoms with Crippen LogP contribution in [0, 0.1) is 11.3 Å². The standard InChI is InChI=1S/C14H9Cl3N2O/c15-10-4-9(14(20)12(17)5-10)7-19-13-3-8(6-18)1-2-11(13)16/h1-5,19-20H,7H2. The lowest BCUT2D eigenvalue weighted by atomic mass is 10.1. The molecule has 102 valence electrons. The van der Waals surface area contributed by atoms with Crippen LogP contribution in [-0.2, 0) is 6.54 Å². The molecule has 0 heterocycles. The Bertz CT molecular complexity index is 696. The van der Waals surface area contributed by atoms with E-state index in [4.69, 9.17) is 40.1 Å². The molecule has 0 unspecified atom stereocenters. The zero-order valence-electron chi connectivity index (χ0n) is 10.1. The number of nitriles is 1. The van der Waals surface area contributed by atoms with E-state index >= 15 is 0 Å². The van der Waals surface area contributed by atoms with Gasteiger partial charge in [-0.25, -0.2) is 0 Å². The van der Waals surface area contributed by atoms with Gasteiger partial charge in [-0.2, -0.15) is 5.26 Å². The number of rotatable bonds is 3. The van der Waals surface area contributed by atoms with E-state index in [9.17, 15) is 5.11 Å². The summed E-state index contributed by atoms with van der Waals surface area (Å²) in [5.74, 6) is -0.0314. The number of nitrogens with zero attached hydrogens (tertiary/aromatic N) is 1. The molecular formula is C14H9Cl3N2O. The van der Waals surface area contributed by atoms with Crippen molar-refractivity contribution in [1.29, 1.82) is 5.26 Å². The van der Waals surface area contributed by atoms with Gasteiger partial charge >= 0.3 is 0 Å². The highest BCUT2D eigenvalue weighted by molar-refractivity contribution is 6.35. The van der Waals surface area contributed by atoms with Crippen LogP contribution in [0.4, 0.5) is 5.69 Å². The maximum absolute atomic E-state index is 9.85. The SMILES string of the molecule is N#Cc1ccc(Cl)c(NCc2cc(Cl)cc(Cl)c2O)c1. The minimum absolute atomic E-state index is 0.0314. The highest BCUT2D eigenvalue weighted by Crippen LogP contribution is 2.32. The van der Waals surface area contributed by atoms with Crippen molar-refractivity contribution in [3.8, 4) is 11.8 Å². The second-order valence-electron chi connectivity index (χ2n) is 4.06. The molecule has 20 heavy (non-hydrogen) atoms. The number of phenols is 1. The first-order valence-corrected chi connectivity index (χ1v) is 6.75. The van der Waals surface area contributed by atoms with E-state index in [0.717, 1.165) is 0 Å².